The smallest absolute Gasteiger partial charge is 0.196 e. The lowest BCUT2D eigenvalue weighted by molar-refractivity contribution is 0.0978. The largest absolute Gasteiger partial charge is 0.289 e. The van der Waals surface area contributed by atoms with E-state index in [9.17, 15) is 9.59 Å². The van der Waals surface area contributed by atoms with Crippen molar-refractivity contribution in [2.75, 3.05) is 0 Å². The molecule has 2 aromatic rings. The van der Waals surface area contributed by atoms with Gasteiger partial charge in [0.1, 0.15) is 0 Å². The van der Waals surface area contributed by atoms with Crippen molar-refractivity contribution in [3.63, 3.8) is 0 Å². The van der Waals surface area contributed by atoms with Crippen LogP contribution in [-0.2, 0) is 5.41 Å². The van der Waals surface area contributed by atoms with Gasteiger partial charge in [0.25, 0.3) is 0 Å². The molecular formula is C18H17NO2. The maximum Gasteiger partial charge on any atom is 0.196 e. The summed E-state index contributed by atoms with van der Waals surface area (Å²) >= 11 is 0. The zero-order chi connectivity index (χ0) is 15.4. The number of carbonyl (C=O) groups excluding carboxylic acids is 2. The van der Waals surface area contributed by atoms with Crippen molar-refractivity contribution >= 4 is 11.6 Å². The van der Waals surface area contributed by atoms with Crippen LogP contribution in [0.4, 0.5) is 0 Å². The molecule has 0 N–H and O–H groups in total. The summed E-state index contributed by atoms with van der Waals surface area (Å²) in [5, 5.41) is 0. The van der Waals surface area contributed by atoms with Crippen LogP contribution in [0.15, 0.2) is 30.3 Å². The molecule has 0 fully saturated rings. The average Bonchev–Trinajstić information content (AvgIpc) is 2.43. The molecule has 3 heteroatoms. The molecule has 3 nitrogen and oxygen atoms in total. The van der Waals surface area contributed by atoms with Crippen LogP contribution in [0.1, 0.15) is 64.0 Å². The highest BCUT2D eigenvalue weighted by Gasteiger charge is 2.32. The van der Waals surface area contributed by atoms with Crippen molar-refractivity contribution in [3.05, 3.63) is 64.0 Å². The number of hydrogen-bond donors (Lipinski definition) is 0. The summed E-state index contributed by atoms with van der Waals surface area (Å²) in [5.74, 6) is -0.193. The second kappa shape index (κ2) is 4.35. The second-order valence-corrected chi connectivity index (χ2v) is 6.47. The van der Waals surface area contributed by atoms with E-state index in [-0.39, 0.29) is 17.0 Å². The third-order valence-corrected chi connectivity index (χ3v) is 3.86. The van der Waals surface area contributed by atoms with Crippen molar-refractivity contribution in [2.24, 2.45) is 0 Å². The van der Waals surface area contributed by atoms with Crippen LogP contribution >= 0.6 is 0 Å². The minimum atomic E-state index is -0.167. The number of hydrogen-bond acceptors (Lipinski definition) is 3. The number of rotatable bonds is 0. The van der Waals surface area contributed by atoms with Gasteiger partial charge in [-0.2, -0.15) is 0 Å². The quantitative estimate of drug-likeness (QED) is 0.633. The summed E-state index contributed by atoms with van der Waals surface area (Å²) in [7, 11) is 0. The summed E-state index contributed by atoms with van der Waals surface area (Å²) in [6.07, 6.45) is 0. The van der Waals surface area contributed by atoms with Crippen molar-refractivity contribution in [1.82, 2.24) is 4.98 Å². The Bertz CT molecular complexity index is 782. The van der Waals surface area contributed by atoms with Gasteiger partial charge < -0.3 is 0 Å². The van der Waals surface area contributed by atoms with Crippen LogP contribution in [0.3, 0.4) is 0 Å². The van der Waals surface area contributed by atoms with Crippen LogP contribution in [-0.4, -0.2) is 16.6 Å². The van der Waals surface area contributed by atoms with Gasteiger partial charge in [-0.25, -0.2) is 0 Å². The molecule has 106 valence electrons. The highest BCUT2D eigenvalue weighted by molar-refractivity contribution is 6.28. The molecule has 1 heterocycles. The maximum atomic E-state index is 12.7. The monoisotopic (exact) mass is 279 g/mol. The van der Waals surface area contributed by atoms with Gasteiger partial charge in [0, 0.05) is 33.5 Å². The number of pyridine rings is 1. The molecule has 0 atom stereocenters. The SMILES string of the molecule is Cc1nc(C(C)(C)C)cc2c1C(=O)c1ccccc1C2=O. The first-order valence-electron chi connectivity index (χ1n) is 7.01. The average molecular weight is 279 g/mol. The van der Waals surface area contributed by atoms with Gasteiger partial charge in [-0.3, -0.25) is 14.6 Å². The molecule has 1 aliphatic carbocycles. The molecule has 1 aromatic heterocycles. The van der Waals surface area contributed by atoms with Crippen molar-refractivity contribution < 1.29 is 9.59 Å². The Morgan fingerprint density at radius 3 is 2.05 bits per heavy atom. The van der Waals surface area contributed by atoms with Gasteiger partial charge in [0.2, 0.25) is 0 Å². The zero-order valence-corrected chi connectivity index (χ0v) is 12.7. The van der Waals surface area contributed by atoms with E-state index in [4.69, 9.17) is 0 Å². The molecule has 1 aromatic carbocycles. The predicted molar refractivity (Wildman–Crippen MR) is 81.0 cm³/mol. The lowest BCUT2D eigenvalue weighted by atomic mass is 9.81. The van der Waals surface area contributed by atoms with E-state index in [2.05, 4.69) is 4.98 Å². The fourth-order valence-corrected chi connectivity index (χ4v) is 2.68. The zero-order valence-electron chi connectivity index (χ0n) is 12.7. The van der Waals surface area contributed by atoms with Gasteiger partial charge in [0.15, 0.2) is 11.6 Å². The van der Waals surface area contributed by atoms with Crippen LogP contribution in [0.5, 0.6) is 0 Å². The number of nitrogens with zero attached hydrogens (tertiary/aromatic N) is 1. The fourth-order valence-electron chi connectivity index (χ4n) is 2.68. The van der Waals surface area contributed by atoms with E-state index in [1.165, 1.54) is 0 Å². The third-order valence-electron chi connectivity index (χ3n) is 3.86. The molecule has 0 aliphatic heterocycles. The van der Waals surface area contributed by atoms with E-state index in [1.54, 1.807) is 37.3 Å². The topological polar surface area (TPSA) is 47.0 Å². The highest BCUT2D eigenvalue weighted by Crippen LogP contribution is 2.31. The van der Waals surface area contributed by atoms with Crippen LogP contribution in [0.25, 0.3) is 0 Å². The van der Waals surface area contributed by atoms with E-state index in [0.29, 0.717) is 27.9 Å². The minimum absolute atomic E-state index is 0.0869. The van der Waals surface area contributed by atoms with Crippen molar-refractivity contribution in [3.8, 4) is 0 Å². The predicted octanol–water partition coefficient (Wildman–Crippen LogP) is 3.46. The number of benzene rings is 1. The lowest BCUT2D eigenvalue weighted by Crippen LogP contribution is -2.25. The normalized spacial score (nSPS) is 13.9. The van der Waals surface area contributed by atoms with Crippen molar-refractivity contribution in [2.45, 2.75) is 33.1 Å². The van der Waals surface area contributed by atoms with Gasteiger partial charge >= 0.3 is 0 Å². The molecule has 0 unspecified atom stereocenters. The molecule has 0 amide bonds. The molecule has 0 bridgehead atoms. The summed E-state index contributed by atoms with van der Waals surface area (Å²) in [6.45, 7) is 7.94. The molecule has 21 heavy (non-hydrogen) atoms. The number of fused-ring (bicyclic) bond motifs is 2. The standard InChI is InChI=1S/C18H17NO2/c1-10-15-13(9-14(19-10)18(2,3)4)16(20)11-7-5-6-8-12(11)17(15)21/h5-9H,1-4H3. The summed E-state index contributed by atoms with van der Waals surface area (Å²) < 4.78 is 0. The first-order chi connectivity index (χ1) is 9.80. The van der Waals surface area contributed by atoms with E-state index in [0.717, 1.165) is 5.69 Å². The van der Waals surface area contributed by atoms with Gasteiger partial charge in [-0.1, -0.05) is 45.0 Å². The Balaban J connectivity index is 2.31. The molecule has 0 spiro atoms. The first kappa shape index (κ1) is 13.7. The minimum Gasteiger partial charge on any atom is -0.289 e. The molecule has 0 radical (unpaired) electrons. The summed E-state index contributed by atoms with van der Waals surface area (Å²) in [6, 6.07) is 8.76. The van der Waals surface area contributed by atoms with Gasteiger partial charge in [-0.05, 0) is 13.0 Å². The first-order valence-corrected chi connectivity index (χ1v) is 7.01. The van der Waals surface area contributed by atoms with Gasteiger partial charge in [-0.15, -0.1) is 0 Å². The van der Waals surface area contributed by atoms with Crippen molar-refractivity contribution in [1.29, 1.82) is 0 Å². The number of aromatic nitrogens is 1. The molecule has 0 saturated heterocycles. The Kier molecular flexibility index (Phi) is 2.84. The summed E-state index contributed by atoms with van der Waals surface area (Å²) in [5.41, 5.74) is 3.19. The van der Waals surface area contributed by atoms with Crippen LogP contribution in [0.2, 0.25) is 0 Å². The Morgan fingerprint density at radius 2 is 1.48 bits per heavy atom. The second-order valence-electron chi connectivity index (χ2n) is 6.47. The van der Waals surface area contributed by atoms with Gasteiger partial charge in [0.05, 0.1) is 5.56 Å². The summed E-state index contributed by atoms with van der Waals surface area (Å²) in [4.78, 5) is 29.9. The molecule has 0 saturated carbocycles. The Hall–Kier alpha value is -2.29. The number of aryl methyl sites for hydroxylation is 1. The van der Waals surface area contributed by atoms with Crippen LogP contribution in [0, 0.1) is 6.92 Å². The maximum absolute atomic E-state index is 12.7. The third kappa shape index (κ3) is 2.00. The number of carbonyl (C=O) groups is 2. The number of ketones is 2. The van der Waals surface area contributed by atoms with Crippen LogP contribution < -0.4 is 0 Å². The lowest BCUT2D eigenvalue weighted by Gasteiger charge is -2.24. The fraction of sp³-hybridized carbons (Fsp3) is 0.278. The molecule has 3 rings (SSSR count). The van der Waals surface area contributed by atoms with E-state index < -0.39 is 0 Å². The molecular weight excluding hydrogens is 262 g/mol. The Morgan fingerprint density at radius 1 is 0.905 bits per heavy atom. The highest BCUT2D eigenvalue weighted by atomic mass is 16.1. The molecule has 1 aliphatic rings. The van der Waals surface area contributed by atoms with E-state index >= 15 is 0 Å². The Labute approximate surface area is 124 Å². The van der Waals surface area contributed by atoms with E-state index in [1.807, 2.05) is 20.8 Å².